The molecule has 1 heterocycles. The second-order valence-electron chi connectivity index (χ2n) is 5.19. The summed E-state index contributed by atoms with van der Waals surface area (Å²) in [7, 11) is 0. The Morgan fingerprint density at radius 3 is 2.75 bits per heavy atom. The Balaban J connectivity index is 1.61. The summed E-state index contributed by atoms with van der Waals surface area (Å²) in [5.41, 5.74) is 1.37. The van der Waals surface area contributed by atoms with Gasteiger partial charge in [-0.2, -0.15) is 5.10 Å². The monoisotopic (exact) mass is 273 g/mol. The summed E-state index contributed by atoms with van der Waals surface area (Å²) in [6, 6.07) is 12.4. The first kappa shape index (κ1) is 14.8. The number of hydrogen-bond donors (Lipinski definition) is 2. The van der Waals surface area contributed by atoms with E-state index >= 15 is 0 Å². The van der Waals surface area contributed by atoms with Gasteiger partial charge in [0.1, 0.15) is 0 Å². The predicted octanol–water partition coefficient (Wildman–Crippen LogP) is 2.03. The van der Waals surface area contributed by atoms with Crippen LogP contribution in [0.4, 0.5) is 0 Å². The van der Waals surface area contributed by atoms with Crippen molar-refractivity contribution in [2.75, 3.05) is 13.1 Å². The van der Waals surface area contributed by atoms with E-state index in [2.05, 4.69) is 41.6 Å². The molecule has 2 rings (SSSR count). The average Bonchev–Trinajstić information content (AvgIpc) is 2.97. The molecule has 4 nitrogen and oxygen atoms in total. The van der Waals surface area contributed by atoms with Crippen LogP contribution in [0.1, 0.15) is 24.8 Å². The Kier molecular flexibility index (Phi) is 5.77. The molecule has 0 fully saturated rings. The largest absolute Gasteiger partial charge is 0.390 e. The minimum Gasteiger partial charge on any atom is -0.390 e. The number of aromatic nitrogens is 2. The van der Waals surface area contributed by atoms with Crippen molar-refractivity contribution in [3.8, 4) is 0 Å². The summed E-state index contributed by atoms with van der Waals surface area (Å²) < 4.78 is 1.75. The number of aliphatic hydroxyl groups excluding tert-OH is 1. The van der Waals surface area contributed by atoms with Crippen molar-refractivity contribution >= 4 is 0 Å². The third kappa shape index (κ3) is 4.79. The van der Waals surface area contributed by atoms with Crippen LogP contribution in [0.25, 0.3) is 0 Å². The molecule has 20 heavy (non-hydrogen) atoms. The first-order valence-electron chi connectivity index (χ1n) is 7.17. The number of rotatable bonds is 8. The van der Waals surface area contributed by atoms with Crippen molar-refractivity contribution in [2.45, 2.75) is 31.9 Å². The fraction of sp³-hybridized carbons (Fsp3) is 0.438. The second-order valence-corrected chi connectivity index (χ2v) is 5.19. The predicted molar refractivity (Wildman–Crippen MR) is 80.6 cm³/mol. The number of benzene rings is 1. The van der Waals surface area contributed by atoms with Crippen molar-refractivity contribution in [1.29, 1.82) is 0 Å². The van der Waals surface area contributed by atoms with Crippen molar-refractivity contribution in [2.24, 2.45) is 0 Å². The van der Waals surface area contributed by atoms with Crippen molar-refractivity contribution in [1.82, 2.24) is 15.1 Å². The summed E-state index contributed by atoms with van der Waals surface area (Å²) in [5, 5.41) is 17.3. The zero-order chi connectivity index (χ0) is 14.2. The maximum absolute atomic E-state index is 9.88. The normalized spacial score (nSPS) is 14.1. The standard InChI is InChI=1S/C16H23N3O/c1-14(15-6-3-2-4-7-15)8-10-17-12-16(20)13-19-11-5-9-18-19/h2-7,9,11,14,16-17,20H,8,10,12-13H2,1H3. The Labute approximate surface area is 120 Å². The van der Waals surface area contributed by atoms with Gasteiger partial charge in [-0.05, 0) is 30.5 Å². The van der Waals surface area contributed by atoms with Gasteiger partial charge in [-0.25, -0.2) is 0 Å². The molecule has 0 amide bonds. The van der Waals surface area contributed by atoms with Crippen LogP contribution in [-0.2, 0) is 6.54 Å². The maximum atomic E-state index is 9.88. The molecular weight excluding hydrogens is 250 g/mol. The molecule has 2 atom stereocenters. The number of nitrogens with zero attached hydrogens (tertiary/aromatic N) is 2. The molecule has 2 unspecified atom stereocenters. The first-order chi connectivity index (χ1) is 9.75. The van der Waals surface area contributed by atoms with E-state index in [4.69, 9.17) is 0 Å². The van der Waals surface area contributed by atoms with E-state index in [-0.39, 0.29) is 0 Å². The van der Waals surface area contributed by atoms with Gasteiger partial charge >= 0.3 is 0 Å². The molecule has 0 aliphatic rings. The molecule has 4 heteroatoms. The number of nitrogens with one attached hydrogen (secondary N) is 1. The van der Waals surface area contributed by atoms with E-state index in [1.165, 1.54) is 5.56 Å². The van der Waals surface area contributed by atoms with Gasteiger partial charge in [-0.1, -0.05) is 37.3 Å². The van der Waals surface area contributed by atoms with Crippen LogP contribution in [0.3, 0.4) is 0 Å². The maximum Gasteiger partial charge on any atom is 0.0860 e. The van der Waals surface area contributed by atoms with Crippen LogP contribution in [0.15, 0.2) is 48.8 Å². The van der Waals surface area contributed by atoms with E-state index in [0.29, 0.717) is 19.0 Å². The lowest BCUT2D eigenvalue weighted by molar-refractivity contribution is 0.147. The smallest absolute Gasteiger partial charge is 0.0860 e. The lowest BCUT2D eigenvalue weighted by atomic mass is 9.98. The molecule has 0 aliphatic carbocycles. The third-order valence-electron chi connectivity index (χ3n) is 3.46. The molecule has 0 bridgehead atoms. The number of hydrogen-bond acceptors (Lipinski definition) is 3. The van der Waals surface area contributed by atoms with Crippen molar-refractivity contribution in [3.63, 3.8) is 0 Å². The molecule has 2 aromatic rings. The molecule has 1 aromatic heterocycles. The summed E-state index contributed by atoms with van der Waals surface area (Å²) in [6.45, 7) is 4.28. The topological polar surface area (TPSA) is 50.1 Å². The Morgan fingerprint density at radius 2 is 2.05 bits per heavy atom. The highest BCUT2D eigenvalue weighted by atomic mass is 16.3. The minimum atomic E-state index is -0.401. The van der Waals surface area contributed by atoms with Crippen molar-refractivity contribution < 1.29 is 5.11 Å². The zero-order valence-corrected chi connectivity index (χ0v) is 11.9. The van der Waals surface area contributed by atoms with Gasteiger partial charge in [-0.15, -0.1) is 0 Å². The first-order valence-corrected chi connectivity index (χ1v) is 7.17. The molecule has 0 aliphatic heterocycles. The third-order valence-corrected chi connectivity index (χ3v) is 3.46. The van der Waals surface area contributed by atoms with E-state index in [9.17, 15) is 5.11 Å². The summed E-state index contributed by atoms with van der Waals surface area (Å²) in [6.07, 6.45) is 4.25. The molecule has 108 valence electrons. The van der Waals surface area contributed by atoms with Gasteiger partial charge in [0.2, 0.25) is 0 Å². The summed E-state index contributed by atoms with van der Waals surface area (Å²) in [4.78, 5) is 0. The Bertz CT molecular complexity index is 470. The molecule has 0 saturated carbocycles. The van der Waals surface area contributed by atoms with Crippen LogP contribution in [-0.4, -0.2) is 34.1 Å². The van der Waals surface area contributed by atoms with Gasteiger partial charge in [-0.3, -0.25) is 4.68 Å². The van der Waals surface area contributed by atoms with E-state index in [1.807, 2.05) is 18.3 Å². The Hall–Kier alpha value is -1.65. The molecular formula is C16H23N3O. The Morgan fingerprint density at radius 1 is 1.25 bits per heavy atom. The quantitative estimate of drug-likeness (QED) is 0.724. The van der Waals surface area contributed by atoms with Gasteiger partial charge in [0.05, 0.1) is 12.6 Å². The molecule has 0 spiro atoms. The van der Waals surface area contributed by atoms with Crippen LogP contribution in [0.2, 0.25) is 0 Å². The zero-order valence-electron chi connectivity index (χ0n) is 11.9. The van der Waals surface area contributed by atoms with E-state index < -0.39 is 6.10 Å². The molecule has 0 radical (unpaired) electrons. The summed E-state index contributed by atoms with van der Waals surface area (Å²) in [5.74, 6) is 0.534. The fourth-order valence-electron chi connectivity index (χ4n) is 2.22. The van der Waals surface area contributed by atoms with Gasteiger partial charge in [0.25, 0.3) is 0 Å². The fourth-order valence-corrected chi connectivity index (χ4v) is 2.22. The van der Waals surface area contributed by atoms with E-state index in [0.717, 1.165) is 13.0 Å². The van der Waals surface area contributed by atoms with Crippen LogP contribution >= 0.6 is 0 Å². The van der Waals surface area contributed by atoms with Crippen LogP contribution in [0, 0.1) is 0 Å². The SMILES string of the molecule is CC(CCNCC(O)Cn1cccn1)c1ccccc1. The lowest BCUT2D eigenvalue weighted by Crippen LogP contribution is -2.31. The van der Waals surface area contributed by atoms with Gasteiger partial charge in [0, 0.05) is 18.9 Å². The van der Waals surface area contributed by atoms with Crippen molar-refractivity contribution in [3.05, 3.63) is 54.4 Å². The second kappa shape index (κ2) is 7.82. The van der Waals surface area contributed by atoms with Crippen LogP contribution in [0.5, 0.6) is 0 Å². The van der Waals surface area contributed by atoms with E-state index in [1.54, 1.807) is 10.9 Å². The number of aliphatic hydroxyl groups is 1. The van der Waals surface area contributed by atoms with Gasteiger partial charge < -0.3 is 10.4 Å². The minimum absolute atomic E-state index is 0.401. The highest BCUT2D eigenvalue weighted by Crippen LogP contribution is 2.17. The van der Waals surface area contributed by atoms with Gasteiger partial charge in [0.15, 0.2) is 0 Å². The molecule has 1 aromatic carbocycles. The van der Waals surface area contributed by atoms with Crippen LogP contribution < -0.4 is 5.32 Å². The highest BCUT2D eigenvalue weighted by Gasteiger charge is 2.07. The highest BCUT2D eigenvalue weighted by molar-refractivity contribution is 5.18. The summed E-state index contributed by atoms with van der Waals surface area (Å²) >= 11 is 0. The molecule has 2 N–H and O–H groups in total. The lowest BCUT2D eigenvalue weighted by Gasteiger charge is -2.15. The average molecular weight is 273 g/mol. The molecule has 0 saturated heterocycles.